The van der Waals surface area contributed by atoms with E-state index in [9.17, 15) is 4.79 Å². The molecule has 0 fully saturated rings. The normalized spacial score (nSPS) is 12.0. The lowest BCUT2D eigenvalue weighted by atomic mass is 10.1. The van der Waals surface area contributed by atoms with Crippen LogP contribution >= 0.6 is 0 Å². The highest BCUT2D eigenvalue weighted by molar-refractivity contribution is 5.86. The first-order valence-corrected chi connectivity index (χ1v) is 6.67. The predicted molar refractivity (Wildman–Crippen MR) is 77.8 cm³/mol. The summed E-state index contributed by atoms with van der Waals surface area (Å²) in [7, 11) is 0. The van der Waals surface area contributed by atoms with E-state index in [1.165, 1.54) is 0 Å². The van der Waals surface area contributed by atoms with Crippen molar-refractivity contribution in [3.05, 3.63) is 36.0 Å². The highest BCUT2D eigenvalue weighted by Crippen LogP contribution is 2.18. The lowest BCUT2D eigenvalue weighted by molar-refractivity contribution is -0.122. The molecule has 1 atom stereocenters. The molecule has 5 heteroatoms. The Hall–Kier alpha value is -2.32. The number of rotatable bonds is 6. The topological polar surface area (TPSA) is 94.7 Å². The summed E-state index contributed by atoms with van der Waals surface area (Å²) >= 11 is 0. The minimum absolute atomic E-state index is 0.173. The molecule has 5 nitrogen and oxygen atoms in total. The number of aromatic nitrogens is 1. The Balaban J connectivity index is 1.92. The number of hydrogen-bond acceptors (Lipinski definition) is 3. The van der Waals surface area contributed by atoms with Crippen molar-refractivity contribution in [2.45, 2.75) is 25.3 Å². The molecule has 0 bridgehead atoms. The quantitative estimate of drug-likeness (QED) is 0.693. The van der Waals surface area contributed by atoms with Crippen LogP contribution in [0.4, 0.5) is 0 Å². The van der Waals surface area contributed by atoms with Gasteiger partial charge in [-0.3, -0.25) is 4.79 Å². The standard InChI is InChI=1S/C15H18N4O/c16-7-3-4-8-18-15(20)13(17)9-11-10-19-14-6-2-1-5-12(11)14/h1-2,5-6,10,13,19H,3-4,8-9,17H2,(H,18,20)/t13-/m1/s1. The van der Waals surface area contributed by atoms with Gasteiger partial charge in [0.2, 0.25) is 5.91 Å². The van der Waals surface area contributed by atoms with Crippen molar-refractivity contribution in [2.75, 3.05) is 6.54 Å². The Morgan fingerprint density at radius 3 is 3.05 bits per heavy atom. The SMILES string of the molecule is N#CCCCNC(=O)[C@H](N)Cc1c[nH]c2ccccc12. The van der Waals surface area contributed by atoms with Crippen LogP contribution in [-0.2, 0) is 11.2 Å². The van der Waals surface area contributed by atoms with E-state index in [1.807, 2.05) is 36.5 Å². The summed E-state index contributed by atoms with van der Waals surface area (Å²) in [6.07, 6.45) is 3.49. The number of unbranched alkanes of at least 4 members (excludes halogenated alkanes) is 1. The van der Waals surface area contributed by atoms with E-state index < -0.39 is 6.04 Å². The van der Waals surface area contributed by atoms with Gasteiger partial charge in [-0.1, -0.05) is 18.2 Å². The molecule has 0 aliphatic rings. The van der Waals surface area contributed by atoms with Gasteiger partial charge in [-0.25, -0.2) is 0 Å². The third-order valence-corrected chi connectivity index (χ3v) is 3.22. The smallest absolute Gasteiger partial charge is 0.237 e. The number of carbonyl (C=O) groups excluding carboxylic acids is 1. The van der Waals surface area contributed by atoms with Crippen LogP contribution in [0.5, 0.6) is 0 Å². The van der Waals surface area contributed by atoms with E-state index in [2.05, 4.69) is 10.3 Å². The average Bonchev–Trinajstić information content (AvgIpc) is 2.87. The van der Waals surface area contributed by atoms with Crippen LogP contribution in [0.25, 0.3) is 10.9 Å². The maximum absolute atomic E-state index is 11.8. The second kappa shape index (κ2) is 6.73. The maximum atomic E-state index is 11.8. The molecule has 0 aliphatic carbocycles. The molecule has 1 amide bonds. The fourth-order valence-electron chi connectivity index (χ4n) is 2.14. The van der Waals surface area contributed by atoms with Crippen LogP contribution in [0.15, 0.2) is 30.5 Å². The molecular weight excluding hydrogens is 252 g/mol. The van der Waals surface area contributed by atoms with E-state index in [-0.39, 0.29) is 5.91 Å². The molecule has 2 aromatic rings. The van der Waals surface area contributed by atoms with Crippen LogP contribution in [-0.4, -0.2) is 23.5 Å². The summed E-state index contributed by atoms with van der Waals surface area (Å²) in [5.74, 6) is -0.173. The van der Waals surface area contributed by atoms with Gasteiger partial charge in [0.25, 0.3) is 0 Å². The summed E-state index contributed by atoms with van der Waals surface area (Å²) in [5.41, 5.74) is 8.01. The molecule has 0 saturated heterocycles. The number of nitrogens with two attached hydrogens (primary N) is 1. The van der Waals surface area contributed by atoms with Crippen molar-refractivity contribution in [3.8, 4) is 6.07 Å². The molecule has 0 saturated carbocycles. The monoisotopic (exact) mass is 270 g/mol. The number of benzene rings is 1. The Morgan fingerprint density at radius 1 is 1.45 bits per heavy atom. The fourth-order valence-corrected chi connectivity index (χ4v) is 2.14. The van der Waals surface area contributed by atoms with Crippen molar-refractivity contribution in [3.63, 3.8) is 0 Å². The van der Waals surface area contributed by atoms with Crippen LogP contribution < -0.4 is 11.1 Å². The first-order valence-electron chi connectivity index (χ1n) is 6.67. The second-order valence-corrected chi connectivity index (χ2v) is 4.72. The zero-order valence-corrected chi connectivity index (χ0v) is 11.2. The number of para-hydroxylation sites is 1. The fraction of sp³-hybridized carbons (Fsp3) is 0.333. The van der Waals surface area contributed by atoms with E-state index >= 15 is 0 Å². The number of nitrogens with zero attached hydrogens (tertiary/aromatic N) is 1. The third kappa shape index (κ3) is 3.37. The number of hydrogen-bond donors (Lipinski definition) is 3. The molecule has 4 N–H and O–H groups in total. The molecule has 0 radical (unpaired) electrons. The van der Waals surface area contributed by atoms with Gasteiger partial charge in [-0.05, 0) is 24.5 Å². The minimum atomic E-state index is -0.573. The van der Waals surface area contributed by atoms with E-state index in [4.69, 9.17) is 11.0 Å². The van der Waals surface area contributed by atoms with Gasteiger partial charge in [0, 0.05) is 30.1 Å². The number of nitriles is 1. The molecule has 104 valence electrons. The second-order valence-electron chi connectivity index (χ2n) is 4.72. The van der Waals surface area contributed by atoms with Crippen LogP contribution in [0.1, 0.15) is 18.4 Å². The zero-order chi connectivity index (χ0) is 14.4. The molecule has 20 heavy (non-hydrogen) atoms. The van der Waals surface area contributed by atoms with Crippen molar-refractivity contribution in [2.24, 2.45) is 5.73 Å². The number of amides is 1. The molecule has 1 aromatic heterocycles. The summed E-state index contributed by atoms with van der Waals surface area (Å²) in [6.45, 7) is 0.494. The Bertz CT molecular complexity index is 626. The highest BCUT2D eigenvalue weighted by atomic mass is 16.2. The first kappa shape index (κ1) is 14.1. The van der Waals surface area contributed by atoms with Gasteiger partial charge in [-0.15, -0.1) is 0 Å². The molecular formula is C15H18N4O. The lowest BCUT2D eigenvalue weighted by Crippen LogP contribution is -2.42. The summed E-state index contributed by atoms with van der Waals surface area (Å²) in [6, 6.07) is 9.40. The highest BCUT2D eigenvalue weighted by Gasteiger charge is 2.15. The van der Waals surface area contributed by atoms with Crippen LogP contribution in [0.3, 0.4) is 0 Å². The first-order chi connectivity index (χ1) is 9.72. The number of H-pyrrole nitrogens is 1. The van der Waals surface area contributed by atoms with E-state index in [0.717, 1.165) is 16.5 Å². The Morgan fingerprint density at radius 2 is 2.25 bits per heavy atom. The molecule has 1 aromatic carbocycles. The Labute approximate surface area is 117 Å². The number of carbonyl (C=O) groups is 1. The molecule has 0 unspecified atom stereocenters. The largest absolute Gasteiger partial charge is 0.361 e. The van der Waals surface area contributed by atoms with Gasteiger partial charge in [0.1, 0.15) is 0 Å². The van der Waals surface area contributed by atoms with Crippen molar-refractivity contribution in [1.29, 1.82) is 5.26 Å². The van der Waals surface area contributed by atoms with Gasteiger partial charge >= 0.3 is 0 Å². The minimum Gasteiger partial charge on any atom is -0.361 e. The van der Waals surface area contributed by atoms with Gasteiger partial charge in [-0.2, -0.15) is 5.26 Å². The van der Waals surface area contributed by atoms with Gasteiger partial charge in [0.15, 0.2) is 0 Å². The molecule has 0 spiro atoms. The molecule has 2 rings (SSSR count). The van der Waals surface area contributed by atoms with Crippen LogP contribution in [0.2, 0.25) is 0 Å². The number of nitrogens with one attached hydrogen (secondary N) is 2. The summed E-state index contributed by atoms with van der Waals surface area (Å²) in [5, 5.41) is 12.3. The van der Waals surface area contributed by atoms with Crippen LogP contribution in [0, 0.1) is 11.3 Å². The van der Waals surface area contributed by atoms with Crippen molar-refractivity contribution >= 4 is 16.8 Å². The summed E-state index contributed by atoms with van der Waals surface area (Å²) in [4.78, 5) is 15.0. The van der Waals surface area contributed by atoms with Gasteiger partial charge < -0.3 is 16.0 Å². The zero-order valence-electron chi connectivity index (χ0n) is 11.2. The summed E-state index contributed by atoms with van der Waals surface area (Å²) < 4.78 is 0. The van der Waals surface area contributed by atoms with Gasteiger partial charge in [0.05, 0.1) is 12.1 Å². The number of aromatic amines is 1. The van der Waals surface area contributed by atoms with Crippen molar-refractivity contribution in [1.82, 2.24) is 10.3 Å². The van der Waals surface area contributed by atoms with Crippen molar-refractivity contribution < 1.29 is 4.79 Å². The third-order valence-electron chi connectivity index (χ3n) is 3.22. The molecule has 1 heterocycles. The van der Waals surface area contributed by atoms with E-state index in [1.54, 1.807) is 0 Å². The predicted octanol–water partition coefficient (Wildman–Crippen LogP) is 1.46. The number of fused-ring (bicyclic) bond motifs is 1. The Kier molecular flexibility index (Phi) is 4.75. The molecule has 0 aliphatic heterocycles. The average molecular weight is 270 g/mol. The van der Waals surface area contributed by atoms with E-state index in [0.29, 0.717) is 25.8 Å². The maximum Gasteiger partial charge on any atom is 0.237 e. The lowest BCUT2D eigenvalue weighted by Gasteiger charge is -2.11.